The lowest BCUT2D eigenvalue weighted by Gasteiger charge is -2.14. The number of benzene rings is 2. The van der Waals surface area contributed by atoms with Gasteiger partial charge in [-0.25, -0.2) is 4.90 Å². The molecule has 1 atom stereocenters. The van der Waals surface area contributed by atoms with Crippen molar-refractivity contribution in [3.8, 4) is 5.75 Å². The van der Waals surface area contributed by atoms with Crippen LogP contribution in [0.25, 0.3) is 0 Å². The van der Waals surface area contributed by atoms with E-state index in [0.717, 1.165) is 5.56 Å². The number of quaternary nitrogens is 1. The predicted molar refractivity (Wildman–Crippen MR) is 96.0 cm³/mol. The smallest absolute Gasteiger partial charge is 0.292 e. The largest absolute Gasteiger partial charge is 0.497 e. The zero-order valence-corrected chi connectivity index (χ0v) is 15.1. The molecule has 0 spiro atoms. The Kier molecular flexibility index (Phi) is 5.27. The molecule has 0 saturated carbocycles. The summed E-state index contributed by atoms with van der Waals surface area (Å²) in [5.41, 5.74) is 1.50. The van der Waals surface area contributed by atoms with Gasteiger partial charge < -0.3 is 10.1 Å². The molecule has 0 unspecified atom stereocenters. The summed E-state index contributed by atoms with van der Waals surface area (Å²) in [6.45, 7) is 0.539. The number of anilines is 1. The lowest BCUT2D eigenvalue weighted by Crippen LogP contribution is -2.90. The molecule has 25 heavy (non-hydrogen) atoms. The molecule has 2 amide bonds. The van der Waals surface area contributed by atoms with Crippen molar-refractivity contribution in [3.63, 3.8) is 0 Å². The molecular weight excluding hydrogens is 363 g/mol. The first kappa shape index (κ1) is 17.7. The zero-order valence-electron chi connectivity index (χ0n) is 13.5. The van der Waals surface area contributed by atoms with E-state index in [9.17, 15) is 9.59 Å². The second kappa shape index (κ2) is 7.44. The number of hydrogen-bond acceptors (Lipinski definition) is 3. The molecule has 0 radical (unpaired) electrons. The third-order valence-corrected chi connectivity index (χ3v) is 4.87. The number of hydrogen-bond donors (Lipinski definition) is 1. The summed E-state index contributed by atoms with van der Waals surface area (Å²) < 4.78 is 5.10. The van der Waals surface area contributed by atoms with Crippen LogP contribution in [-0.2, 0) is 16.1 Å². The quantitative estimate of drug-likeness (QED) is 0.811. The Morgan fingerprint density at radius 3 is 2.48 bits per heavy atom. The predicted octanol–water partition coefficient (Wildman–Crippen LogP) is 2.40. The minimum atomic E-state index is -0.441. The number of ether oxygens (including phenoxy) is 1. The molecule has 2 aromatic rings. The Bertz CT molecular complexity index is 808. The van der Waals surface area contributed by atoms with Gasteiger partial charge in [0.1, 0.15) is 12.3 Å². The van der Waals surface area contributed by atoms with Crippen LogP contribution >= 0.6 is 23.2 Å². The van der Waals surface area contributed by atoms with Crippen LogP contribution in [0.15, 0.2) is 42.5 Å². The number of carbonyl (C=O) groups is 2. The Balaban J connectivity index is 1.68. The fourth-order valence-corrected chi connectivity index (χ4v) is 3.11. The summed E-state index contributed by atoms with van der Waals surface area (Å²) in [6.07, 6.45) is 0.173. The van der Waals surface area contributed by atoms with Gasteiger partial charge in [-0.05, 0) is 36.4 Å². The standard InChI is InChI=1S/C18H16Cl2N2O3/c1-25-13-5-3-12(4-6-13)22-17(23)9-16(18(22)24)21-10-11-2-7-14(19)15(20)8-11/h2-8,16,21H,9-10H2,1H3/p+1/t16-/m1/s1. The fraction of sp³-hybridized carbons (Fsp3) is 0.222. The molecule has 1 aliphatic heterocycles. The van der Waals surface area contributed by atoms with Gasteiger partial charge in [0.25, 0.3) is 5.91 Å². The van der Waals surface area contributed by atoms with Crippen LogP contribution < -0.4 is 15.0 Å². The summed E-state index contributed by atoms with van der Waals surface area (Å²) in [5.74, 6) is 0.256. The van der Waals surface area contributed by atoms with E-state index in [2.05, 4.69) is 0 Å². The van der Waals surface area contributed by atoms with Crippen molar-refractivity contribution in [2.45, 2.75) is 19.0 Å². The number of amides is 2. The summed E-state index contributed by atoms with van der Waals surface area (Å²) >= 11 is 11.9. The van der Waals surface area contributed by atoms with Crippen LogP contribution in [0.3, 0.4) is 0 Å². The first-order valence-corrected chi connectivity index (χ1v) is 8.53. The highest BCUT2D eigenvalue weighted by Gasteiger charge is 2.42. The maximum Gasteiger partial charge on any atom is 0.292 e. The Morgan fingerprint density at radius 2 is 1.84 bits per heavy atom. The highest BCUT2D eigenvalue weighted by Crippen LogP contribution is 2.25. The van der Waals surface area contributed by atoms with Crippen molar-refractivity contribution in [1.29, 1.82) is 0 Å². The van der Waals surface area contributed by atoms with Crippen LogP contribution in [0.2, 0.25) is 10.0 Å². The molecule has 1 aliphatic rings. The second-order valence-electron chi connectivity index (χ2n) is 5.76. The molecule has 5 nitrogen and oxygen atoms in total. The number of rotatable bonds is 5. The van der Waals surface area contributed by atoms with Gasteiger partial charge in [0.2, 0.25) is 5.91 Å². The van der Waals surface area contributed by atoms with Crippen LogP contribution in [0, 0.1) is 0 Å². The number of nitrogens with two attached hydrogens (primary N) is 1. The van der Waals surface area contributed by atoms with Gasteiger partial charge in [0.15, 0.2) is 6.04 Å². The van der Waals surface area contributed by atoms with E-state index in [1.54, 1.807) is 43.5 Å². The first-order valence-electron chi connectivity index (χ1n) is 7.77. The molecule has 0 bridgehead atoms. The van der Waals surface area contributed by atoms with Crippen LogP contribution in [-0.4, -0.2) is 25.0 Å². The molecule has 1 fully saturated rings. The van der Waals surface area contributed by atoms with Crippen molar-refractivity contribution in [1.82, 2.24) is 0 Å². The molecule has 3 rings (SSSR count). The lowest BCUT2D eigenvalue weighted by molar-refractivity contribution is -0.690. The average Bonchev–Trinajstić information content (AvgIpc) is 2.90. The molecule has 2 aromatic carbocycles. The van der Waals surface area contributed by atoms with Gasteiger partial charge in [-0.3, -0.25) is 9.59 Å². The molecule has 1 heterocycles. The first-order chi connectivity index (χ1) is 12.0. The summed E-state index contributed by atoms with van der Waals surface area (Å²) in [5, 5.41) is 2.81. The van der Waals surface area contributed by atoms with Gasteiger partial charge in [0, 0.05) is 5.56 Å². The Labute approximate surface area is 155 Å². The minimum Gasteiger partial charge on any atom is -0.497 e. The van der Waals surface area contributed by atoms with E-state index in [4.69, 9.17) is 27.9 Å². The molecular formula is C18H17Cl2N2O3+. The second-order valence-corrected chi connectivity index (χ2v) is 6.58. The maximum atomic E-state index is 12.6. The number of imide groups is 1. The van der Waals surface area contributed by atoms with Gasteiger partial charge in [-0.1, -0.05) is 29.3 Å². The minimum absolute atomic E-state index is 0.173. The van der Waals surface area contributed by atoms with Crippen LogP contribution in [0.4, 0.5) is 5.69 Å². The molecule has 7 heteroatoms. The van der Waals surface area contributed by atoms with Crippen molar-refractivity contribution in [3.05, 3.63) is 58.1 Å². The molecule has 130 valence electrons. The third kappa shape index (κ3) is 3.79. The Morgan fingerprint density at radius 1 is 1.12 bits per heavy atom. The maximum absolute atomic E-state index is 12.6. The summed E-state index contributed by atoms with van der Waals surface area (Å²) in [7, 11) is 1.56. The SMILES string of the molecule is COc1ccc(N2C(=O)C[C@@H]([NH2+]Cc3ccc(Cl)c(Cl)c3)C2=O)cc1. The van der Waals surface area contributed by atoms with E-state index in [1.165, 1.54) is 4.90 Å². The van der Waals surface area contributed by atoms with E-state index in [-0.39, 0.29) is 18.2 Å². The number of carbonyl (C=O) groups excluding carboxylic acids is 2. The highest BCUT2D eigenvalue weighted by atomic mass is 35.5. The topological polar surface area (TPSA) is 63.2 Å². The van der Waals surface area contributed by atoms with Crippen molar-refractivity contribution in [2.24, 2.45) is 0 Å². The monoisotopic (exact) mass is 379 g/mol. The van der Waals surface area contributed by atoms with Gasteiger partial charge >= 0.3 is 0 Å². The van der Waals surface area contributed by atoms with Crippen molar-refractivity contribution in [2.75, 3.05) is 12.0 Å². The average molecular weight is 380 g/mol. The number of nitrogens with zero attached hydrogens (tertiary/aromatic N) is 1. The number of methoxy groups -OCH3 is 1. The Hall–Kier alpha value is -2.08. The van der Waals surface area contributed by atoms with Crippen molar-refractivity contribution < 1.29 is 19.6 Å². The summed E-state index contributed by atoms with van der Waals surface area (Å²) in [4.78, 5) is 26.1. The van der Waals surface area contributed by atoms with Gasteiger partial charge in [-0.2, -0.15) is 0 Å². The van der Waals surface area contributed by atoms with E-state index >= 15 is 0 Å². The van der Waals surface area contributed by atoms with Crippen molar-refractivity contribution >= 4 is 40.7 Å². The van der Waals surface area contributed by atoms with Gasteiger partial charge in [-0.15, -0.1) is 0 Å². The molecule has 2 N–H and O–H groups in total. The molecule has 0 aromatic heterocycles. The third-order valence-electron chi connectivity index (χ3n) is 4.13. The molecule has 0 aliphatic carbocycles. The highest BCUT2D eigenvalue weighted by molar-refractivity contribution is 6.42. The van der Waals surface area contributed by atoms with Crippen LogP contribution in [0.1, 0.15) is 12.0 Å². The van der Waals surface area contributed by atoms with E-state index in [0.29, 0.717) is 28.0 Å². The molecule has 1 saturated heterocycles. The van der Waals surface area contributed by atoms with E-state index < -0.39 is 6.04 Å². The normalized spacial score (nSPS) is 17.2. The van der Waals surface area contributed by atoms with Crippen LogP contribution in [0.5, 0.6) is 5.75 Å². The van der Waals surface area contributed by atoms with E-state index in [1.807, 2.05) is 11.4 Å². The fourth-order valence-electron chi connectivity index (χ4n) is 2.79. The summed E-state index contributed by atoms with van der Waals surface area (Å²) in [6, 6.07) is 11.8. The number of halogens is 2. The lowest BCUT2D eigenvalue weighted by atomic mass is 10.2. The van der Waals surface area contributed by atoms with Gasteiger partial charge in [0.05, 0.1) is 29.3 Å². The zero-order chi connectivity index (χ0) is 18.0.